The minimum Gasteiger partial charge on any atom is -0.462 e. The van der Waals surface area contributed by atoms with Gasteiger partial charge in [-0.2, -0.15) is 0 Å². The monoisotopic (exact) mass is 2000 g/mol. The number of ether oxygens (including phenoxy) is 4. The number of fused-ring (bicyclic) bond motifs is 4. The van der Waals surface area contributed by atoms with E-state index in [4.69, 9.17) is 100 Å². The largest absolute Gasteiger partial charge is 0.462 e. The lowest BCUT2D eigenvalue weighted by molar-refractivity contribution is 0.0514. The quantitative estimate of drug-likeness (QED) is 0.0641. The highest BCUT2D eigenvalue weighted by Crippen LogP contribution is 2.39. The van der Waals surface area contributed by atoms with Crippen molar-refractivity contribution in [2.75, 3.05) is 151 Å². The number of aryl methyl sites for hydroxylation is 4. The molecule has 5 aromatic heterocycles. The highest BCUT2D eigenvalue weighted by molar-refractivity contribution is 7.12. The number of carbonyl (C=O) groups excluding carboxylic acids is 8. The van der Waals surface area contributed by atoms with Crippen LogP contribution >= 0.6 is 92.5 Å². The van der Waals surface area contributed by atoms with Crippen LogP contribution in [0.1, 0.15) is 140 Å². The van der Waals surface area contributed by atoms with E-state index in [1.54, 1.807) is 191 Å². The van der Waals surface area contributed by atoms with Crippen LogP contribution in [0.4, 0.5) is 27.1 Å². The molecule has 16 rings (SSSR count). The van der Waals surface area contributed by atoms with Gasteiger partial charge in [-0.15, -0.1) is 11.3 Å². The van der Waals surface area contributed by atoms with Gasteiger partial charge in [0, 0.05) is 196 Å². The van der Waals surface area contributed by atoms with Gasteiger partial charge in [-0.05, 0) is 179 Å². The number of carbonyl (C=O) groups is 8. The molecule has 28 nitrogen and oxygen atoms in total. The summed E-state index contributed by atoms with van der Waals surface area (Å²) in [4.78, 5) is 171. The second-order valence-electron chi connectivity index (χ2n) is 30.6. The number of esters is 4. The zero-order valence-corrected chi connectivity index (χ0v) is 78.6. The minimum atomic E-state index is -0.695. The molecular weight excluding hydrogens is 1900 g/mol. The summed E-state index contributed by atoms with van der Waals surface area (Å²) in [6.07, 6.45) is 0. The van der Waals surface area contributed by atoms with E-state index >= 15 is 0 Å². The maximum absolute atomic E-state index is 13.2. The number of benzene rings is 7. The molecule has 9 heterocycles. The number of piperazine rings is 4. The maximum Gasteiger partial charge on any atom is 0.345 e. The summed E-state index contributed by atoms with van der Waals surface area (Å²) in [5.74, 6) is -3.57. The van der Waals surface area contributed by atoms with Gasteiger partial charge in [0.25, 0.3) is 45.9 Å². The van der Waals surface area contributed by atoms with Crippen molar-refractivity contribution in [3.63, 3.8) is 0 Å². The fourth-order valence-electron chi connectivity index (χ4n) is 16.3. The number of nitrogens with zero attached hydrogens (tertiary/aromatic N) is 12. The molecule has 0 atom stereocenters. The van der Waals surface area contributed by atoms with Crippen LogP contribution in [-0.4, -0.2) is 217 Å². The van der Waals surface area contributed by atoms with E-state index in [0.717, 1.165) is 0 Å². The van der Waals surface area contributed by atoms with Crippen molar-refractivity contribution in [2.24, 2.45) is 28.2 Å². The predicted molar refractivity (Wildman–Crippen MR) is 539 cm³/mol. The number of aromatic nitrogens is 4. The molecule has 0 bridgehead atoms. The molecule has 0 aliphatic carbocycles. The van der Waals surface area contributed by atoms with Gasteiger partial charge in [-0.3, -0.25) is 38.4 Å². The number of hydrogen-bond acceptors (Lipinski definition) is 21. The summed E-state index contributed by atoms with van der Waals surface area (Å²) >= 11 is 44.5. The van der Waals surface area contributed by atoms with Crippen molar-refractivity contribution < 1.29 is 61.7 Å². The Bertz CT molecular complexity index is 6510. The summed E-state index contributed by atoms with van der Waals surface area (Å²) in [6, 6.07) is 41.5. The Kier molecular flexibility index (Phi) is 37.1. The lowest BCUT2D eigenvalue weighted by Crippen LogP contribution is -2.49. The first-order valence-electron chi connectivity index (χ1n) is 41.9. The van der Waals surface area contributed by atoms with Gasteiger partial charge in [0.2, 0.25) is 0 Å². The van der Waals surface area contributed by atoms with Crippen molar-refractivity contribution in [2.45, 2.75) is 57.4 Å². The molecular formula is C98H106Cl7FN12O16S. The molecule has 0 spiro atoms. The molecule has 4 fully saturated rings. The van der Waals surface area contributed by atoms with Crippen molar-refractivity contribution in [1.29, 1.82) is 0 Å². The Hall–Kier alpha value is -12.0. The van der Waals surface area contributed by atoms with Crippen molar-refractivity contribution in [3.8, 4) is 0 Å². The van der Waals surface area contributed by atoms with E-state index in [0.29, 0.717) is 228 Å². The van der Waals surface area contributed by atoms with E-state index < -0.39 is 51.9 Å². The lowest BCUT2D eigenvalue weighted by atomic mass is 10.1. The van der Waals surface area contributed by atoms with E-state index in [2.05, 4.69) is 0 Å². The first-order chi connectivity index (χ1) is 62.8. The zero-order chi connectivity index (χ0) is 94.1. The highest BCUT2D eigenvalue weighted by atomic mass is 35.5. The number of pyridine rings is 4. The van der Waals surface area contributed by atoms with Crippen molar-refractivity contribution in [3.05, 3.63) is 283 Å². The molecule has 4 saturated heterocycles. The van der Waals surface area contributed by atoms with Gasteiger partial charge < -0.3 is 76.4 Å². The van der Waals surface area contributed by atoms with Crippen molar-refractivity contribution in [1.82, 2.24) is 37.9 Å². The third-order valence-corrected chi connectivity index (χ3v) is 25.6. The second-order valence-corrected chi connectivity index (χ2v) is 34.6. The van der Waals surface area contributed by atoms with Gasteiger partial charge in [-0.25, -0.2) is 23.6 Å². The maximum atomic E-state index is 13.2. The predicted octanol–water partition coefficient (Wildman–Crippen LogP) is 18.0. The molecule has 4 amide bonds. The topological polar surface area (TPSA) is 287 Å². The summed E-state index contributed by atoms with van der Waals surface area (Å²) in [5.41, 5.74) is 4.11. The zero-order valence-electron chi connectivity index (χ0n) is 72.5. The molecule has 4 aliphatic heterocycles. The van der Waals surface area contributed by atoms with Crippen LogP contribution in [0.15, 0.2) is 176 Å². The summed E-state index contributed by atoms with van der Waals surface area (Å²) in [7, 11) is 6.46. The third-order valence-electron chi connectivity index (χ3n) is 22.9. The third kappa shape index (κ3) is 23.1. The molecule has 0 radical (unpaired) electrons. The van der Waals surface area contributed by atoms with Gasteiger partial charge in [0.15, 0.2) is 0 Å². The minimum absolute atomic E-state index is 0. The summed E-state index contributed by atoms with van der Waals surface area (Å²) in [6.45, 7) is 14.2. The van der Waals surface area contributed by atoms with E-state index in [9.17, 15) is 61.9 Å². The van der Waals surface area contributed by atoms with Gasteiger partial charge in [0.1, 0.15) is 28.1 Å². The SMILES string of the molecule is C.C.C.C.CCOC(=O)c1c(N2CCN(C(=O)c3ccc(Cl)c(Cl)c3)CC2)c2cc(Cl)ccc2n(C)c1=O.CCOC(=O)c1c(N2CCN(C(=O)c3ccc(Cl)cc3)CC2)c2cc(Cl)ccc2n(C)c1=O.CCOC(=O)c1c(N2CCN(C(=O)c3ccc(F)cc3)CC2)c2cc(Cl)ccc2n(C)c1=O.CCOC(=O)c1c(N2CCN(C(=O)c3cccs3)CC2)c2cc(Cl)ccc2n(C)c1=O. The molecule has 0 saturated carbocycles. The average Bonchev–Trinajstić information content (AvgIpc) is 0.871. The Morgan fingerprint density at radius 2 is 0.563 bits per heavy atom. The summed E-state index contributed by atoms with van der Waals surface area (Å²) in [5, 5.41) is 7.82. The van der Waals surface area contributed by atoms with Gasteiger partial charge in [-0.1, -0.05) is 117 Å². The molecule has 7 aromatic carbocycles. The second kappa shape index (κ2) is 47.0. The molecule has 4 aliphatic rings. The van der Waals surface area contributed by atoms with E-state index in [1.165, 1.54) is 53.9 Å². The van der Waals surface area contributed by atoms with Crippen molar-refractivity contribution >= 4 is 206 Å². The number of amides is 4. The first-order valence-corrected chi connectivity index (χ1v) is 45.4. The lowest BCUT2D eigenvalue weighted by Gasteiger charge is -2.37. The number of halogens is 8. The number of hydrogen-bond donors (Lipinski definition) is 0. The van der Waals surface area contributed by atoms with Crippen LogP contribution in [0.2, 0.25) is 35.2 Å². The van der Waals surface area contributed by atoms with E-state index in [-0.39, 0.29) is 102 Å². The smallest absolute Gasteiger partial charge is 0.345 e. The Morgan fingerprint density at radius 3 is 0.822 bits per heavy atom. The molecule has 135 heavy (non-hydrogen) atoms. The van der Waals surface area contributed by atoms with Crippen LogP contribution < -0.4 is 41.8 Å². The number of anilines is 4. The molecule has 12 aromatic rings. The average molecular weight is 2010 g/mol. The van der Waals surface area contributed by atoms with Crippen LogP contribution in [-0.2, 0) is 47.1 Å². The van der Waals surface area contributed by atoms with Crippen LogP contribution in [0.25, 0.3) is 43.6 Å². The van der Waals surface area contributed by atoms with Crippen LogP contribution in [0.5, 0.6) is 0 Å². The molecule has 0 unspecified atom stereocenters. The highest BCUT2D eigenvalue weighted by Gasteiger charge is 2.37. The number of thiophene rings is 1. The standard InChI is InChI=1S/C24H22Cl3N3O4.C24H23Cl2N3O4.C24H23ClFN3O4.C22H22ClN3O4S.4CH4/c1-3-34-24(33)20-21(16-13-15(25)5-7-19(16)28(2)23(20)32)29-8-10-30(11-9-29)22(31)14-4-6-17(26)18(27)12-14;1-3-33-24(32)20-21(18-14-17(26)8-9-19(18)27(2)23(20)31)28-10-12-29(13-11-28)22(30)15-4-6-16(25)7-5-15;1-3-33-24(32)20-21(18-14-16(25)6-9-19(18)27(2)23(20)31)28-10-12-29(13-11-28)22(30)15-4-7-17(26)8-5-15;1-3-30-22(29)18-19(15-13-14(23)6-7-16(15)24(2)21(18)28)25-8-10-26(11-9-25)20(27)17-5-4-12-31-17;;;;/h4-7,12-13H,3,8-11H2,1-2H3;2*4-9,14H,3,10-13H2,1-2H3;4-7,12-13H,3,8-11H2,1-2H3;4*1H4. The Balaban J connectivity index is 0.000000200. The molecule has 37 heteroatoms. The molecule has 716 valence electrons. The fraction of sp³-hybridized carbons (Fsp3) is 0.327. The first kappa shape index (κ1) is 107. The summed E-state index contributed by atoms with van der Waals surface area (Å²) < 4.78 is 39.7. The van der Waals surface area contributed by atoms with E-state index in [1.807, 2.05) is 37.1 Å². The number of rotatable bonds is 16. The van der Waals surface area contributed by atoms with Crippen LogP contribution in [0.3, 0.4) is 0 Å². The Morgan fingerprint density at radius 1 is 0.311 bits per heavy atom. The normalized spacial score (nSPS) is 13.6. The molecule has 0 N–H and O–H groups in total. The Labute approximate surface area is 819 Å². The van der Waals surface area contributed by atoms with Crippen LogP contribution in [0, 0.1) is 5.82 Å². The van der Waals surface area contributed by atoms with Gasteiger partial charge in [0.05, 0.1) is 86.2 Å². The van der Waals surface area contributed by atoms with Gasteiger partial charge >= 0.3 is 23.9 Å². The fourth-order valence-corrected chi connectivity index (χ4v) is 18.1.